The maximum Gasteiger partial charge on any atom is 0.351 e. The van der Waals surface area contributed by atoms with Crippen LogP contribution in [0, 0.1) is 0 Å². The Morgan fingerprint density at radius 1 is 1.27 bits per heavy atom. The zero-order chi connectivity index (χ0) is 10.8. The highest BCUT2D eigenvalue weighted by Crippen LogP contribution is 2.33. The highest BCUT2D eigenvalue weighted by molar-refractivity contribution is 5.76. The second kappa shape index (κ2) is 3.81. The molecular weight excluding hydrogens is 196 g/mol. The number of carbonyl (C=O) groups is 1. The summed E-state index contributed by atoms with van der Waals surface area (Å²) in [5, 5.41) is 0. The zero-order valence-corrected chi connectivity index (χ0v) is 8.60. The first-order chi connectivity index (χ1) is 7.22. The van der Waals surface area contributed by atoms with Gasteiger partial charge in [-0.1, -0.05) is 12.1 Å². The molecular formula is C11H12O4. The minimum atomic E-state index is -0.690. The van der Waals surface area contributed by atoms with E-state index in [1.807, 2.05) is 12.1 Å². The summed E-state index contributed by atoms with van der Waals surface area (Å²) in [7, 11) is 1.33. The van der Waals surface area contributed by atoms with Crippen molar-refractivity contribution in [2.45, 2.75) is 19.1 Å². The normalized spacial score (nSPS) is 23.3. The van der Waals surface area contributed by atoms with Crippen molar-refractivity contribution in [1.29, 1.82) is 0 Å². The number of ether oxygens (including phenoxy) is 3. The lowest BCUT2D eigenvalue weighted by Gasteiger charge is -2.29. The standard InChI is InChI=1S/C11H12O4/c1-7-10(11(12)13-2)15-9-6-4-3-5-8(9)14-7/h3-7,10H,1-2H3/t7-,10-/m0/s1. The van der Waals surface area contributed by atoms with Crippen molar-refractivity contribution < 1.29 is 19.0 Å². The van der Waals surface area contributed by atoms with Crippen LogP contribution in [0.2, 0.25) is 0 Å². The molecule has 1 aromatic rings. The topological polar surface area (TPSA) is 44.8 Å². The van der Waals surface area contributed by atoms with E-state index in [0.717, 1.165) is 0 Å². The molecule has 0 fully saturated rings. The van der Waals surface area contributed by atoms with Crippen molar-refractivity contribution in [3.05, 3.63) is 24.3 Å². The van der Waals surface area contributed by atoms with Crippen LogP contribution in [0.5, 0.6) is 11.5 Å². The third kappa shape index (κ3) is 1.75. The van der Waals surface area contributed by atoms with Crippen molar-refractivity contribution in [3.8, 4) is 11.5 Å². The third-order valence-corrected chi connectivity index (χ3v) is 2.28. The van der Waals surface area contributed by atoms with Crippen LogP contribution in [-0.4, -0.2) is 25.3 Å². The van der Waals surface area contributed by atoms with Crippen LogP contribution in [0.4, 0.5) is 0 Å². The van der Waals surface area contributed by atoms with E-state index in [9.17, 15) is 4.79 Å². The number of carbonyl (C=O) groups excluding carboxylic acids is 1. The molecule has 1 aliphatic rings. The van der Waals surface area contributed by atoms with Crippen molar-refractivity contribution >= 4 is 5.97 Å². The summed E-state index contributed by atoms with van der Waals surface area (Å²) in [6, 6.07) is 7.25. The molecule has 1 aliphatic heterocycles. The van der Waals surface area contributed by atoms with Crippen molar-refractivity contribution in [1.82, 2.24) is 0 Å². The molecule has 0 N–H and O–H groups in total. The van der Waals surface area contributed by atoms with Crippen molar-refractivity contribution in [2.24, 2.45) is 0 Å². The Morgan fingerprint density at radius 2 is 1.87 bits per heavy atom. The second-order valence-corrected chi connectivity index (χ2v) is 3.33. The number of esters is 1. The predicted molar refractivity (Wildman–Crippen MR) is 53.0 cm³/mol. The molecule has 4 nitrogen and oxygen atoms in total. The summed E-state index contributed by atoms with van der Waals surface area (Å²) >= 11 is 0. The monoisotopic (exact) mass is 208 g/mol. The van der Waals surface area contributed by atoms with Gasteiger partial charge in [0.05, 0.1) is 7.11 Å². The Balaban J connectivity index is 2.25. The van der Waals surface area contributed by atoms with Gasteiger partial charge in [0.15, 0.2) is 11.5 Å². The first kappa shape index (κ1) is 9.83. The van der Waals surface area contributed by atoms with Crippen LogP contribution in [0.1, 0.15) is 6.92 Å². The highest BCUT2D eigenvalue weighted by Gasteiger charge is 2.34. The molecule has 1 aromatic carbocycles. The number of para-hydroxylation sites is 2. The van der Waals surface area contributed by atoms with E-state index < -0.39 is 12.1 Å². The summed E-state index contributed by atoms with van der Waals surface area (Å²) in [5.41, 5.74) is 0. The molecule has 15 heavy (non-hydrogen) atoms. The minimum Gasteiger partial charge on any atom is -0.482 e. The van der Waals surface area contributed by atoms with Gasteiger partial charge in [0.25, 0.3) is 0 Å². The van der Waals surface area contributed by atoms with E-state index in [0.29, 0.717) is 11.5 Å². The lowest BCUT2D eigenvalue weighted by molar-refractivity contribution is -0.154. The van der Waals surface area contributed by atoms with E-state index in [-0.39, 0.29) is 6.10 Å². The van der Waals surface area contributed by atoms with Gasteiger partial charge in [-0.2, -0.15) is 0 Å². The maximum absolute atomic E-state index is 11.4. The molecule has 0 aromatic heterocycles. The average molecular weight is 208 g/mol. The van der Waals surface area contributed by atoms with Gasteiger partial charge in [-0.15, -0.1) is 0 Å². The van der Waals surface area contributed by atoms with Crippen LogP contribution in [0.15, 0.2) is 24.3 Å². The SMILES string of the molecule is COC(=O)[C@H]1Oc2ccccc2O[C@H]1C. The fourth-order valence-corrected chi connectivity index (χ4v) is 1.50. The second-order valence-electron chi connectivity index (χ2n) is 3.33. The molecule has 2 atom stereocenters. The van der Waals surface area contributed by atoms with Gasteiger partial charge in [0, 0.05) is 0 Å². The van der Waals surface area contributed by atoms with Gasteiger partial charge in [-0.05, 0) is 19.1 Å². The van der Waals surface area contributed by atoms with E-state index in [1.165, 1.54) is 7.11 Å². The first-order valence-corrected chi connectivity index (χ1v) is 4.72. The molecule has 0 amide bonds. The van der Waals surface area contributed by atoms with Crippen LogP contribution < -0.4 is 9.47 Å². The van der Waals surface area contributed by atoms with E-state index >= 15 is 0 Å². The van der Waals surface area contributed by atoms with Gasteiger partial charge < -0.3 is 14.2 Å². The number of methoxy groups -OCH3 is 1. The Kier molecular flexibility index (Phi) is 2.49. The smallest absolute Gasteiger partial charge is 0.351 e. The average Bonchev–Trinajstić information content (AvgIpc) is 2.27. The van der Waals surface area contributed by atoms with Gasteiger partial charge in [0.2, 0.25) is 6.10 Å². The highest BCUT2D eigenvalue weighted by atomic mass is 16.6. The first-order valence-electron chi connectivity index (χ1n) is 4.72. The molecule has 0 spiro atoms. The maximum atomic E-state index is 11.4. The Morgan fingerprint density at radius 3 is 2.47 bits per heavy atom. The van der Waals surface area contributed by atoms with Crippen LogP contribution in [0.3, 0.4) is 0 Å². The van der Waals surface area contributed by atoms with Crippen LogP contribution in [-0.2, 0) is 9.53 Å². The molecule has 0 saturated carbocycles. The fraction of sp³-hybridized carbons (Fsp3) is 0.364. The summed E-state index contributed by atoms with van der Waals surface area (Å²) in [6.07, 6.45) is -1.03. The predicted octanol–water partition coefficient (Wildman–Crippen LogP) is 1.39. The van der Waals surface area contributed by atoms with Gasteiger partial charge in [-0.3, -0.25) is 0 Å². The summed E-state index contributed by atoms with van der Waals surface area (Å²) in [6.45, 7) is 1.78. The zero-order valence-electron chi connectivity index (χ0n) is 8.60. The van der Waals surface area contributed by atoms with E-state index in [1.54, 1.807) is 19.1 Å². The summed E-state index contributed by atoms with van der Waals surface area (Å²) in [5.74, 6) is 0.813. The fourth-order valence-electron chi connectivity index (χ4n) is 1.50. The lowest BCUT2D eigenvalue weighted by atomic mass is 10.2. The van der Waals surface area contributed by atoms with Gasteiger partial charge in [0.1, 0.15) is 6.10 Å². The Labute approximate surface area is 87.8 Å². The molecule has 0 aliphatic carbocycles. The number of benzene rings is 1. The molecule has 0 bridgehead atoms. The number of rotatable bonds is 1. The largest absolute Gasteiger partial charge is 0.482 e. The number of fused-ring (bicyclic) bond motifs is 1. The molecule has 0 saturated heterocycles. The third-order valence-electron chi connectivity index (χ3n) is 2.28. The lowest BCUT2D eigenvalue weighted by Crippen LogP contribution is -2.44. The van der Waals surface area contributed by atoms with Gasteiger partial charge in [-0.25, -0.2) is 4.79 Å². The minimum absolute atomic E-state index is 0.340. The van der Waals surface area contributed by atoms with Crippen molar-refractivity contribution in [3.63, 3.8) is 0 Å². The van der Waals surface area contributed by atoms with E-state index in [2.05, 4.69) is 4.74 Å². The van der Waals surface area contributed by atoms with E-state index in [4.69, 9.17) is 9.47 Å². The molecule has 4 heteroatoms. The number of hydrogen-bond acceptors (Lipinski definition) is 4. The van der Waals surface area contributed by atoms with Crippen LogP contribution in [0.25, 0.3) is 0 Å². The molecule has 0 unspecified atom stereocenters. The van der Waals surface area contributed by atoms with Gasteiger partial charge >= 0.3 is 5.97 Å². The quantitative estimate of drug-likeness (QED) is 0.654. The molecule has 1 heterocycles. The Hall–Kier alpha value is -1.71. The number of hydrogen-bond donors (Lipinski definition) is 0. The molecule has 80 valence electrons. The Bertz CT molecular complexity index is 375. The summed E-state index contributed by atoms with van der Waals surface area (Å²) in [4.78, 5) is 11.4. The molecule has 0 radical (unpaired) electrons. The summed E-state index contributed by atoms with van der Waals surface area (Å²) < 4.78 is 15.7. The van der Waals surface area contributed by atoms with Crippen molar-refractivity contribution in [2.75, 3.05) is 7.11 Å². The van der Waals surface area contributed by atoms with Crippen LogP contribution >= 0.6 is 0 Å². The molecule has 2 rings (SSSR count).